The average Bonchev–Trinajstić information content (AvgIpc) is 4.10. The number of sulfonamides is 1. The van der Waals surface area contributed by atoms with Crippen LogP contribution in [-0.2, 0) is 29.1 Å². The van der Waals surface area contributed by atoms with Gasteiger partial charge in [-0.1, -0.05) is 44.1 Å². The summed E-state index contributed by atoms with van der Waals surface area (Å²) < 4.78 is 51.5. The molecule has 15 nitrogen and oxygen atoms in total. The number of ether oxygens (including phenoxy) is 4. The number of hydrogen-bond donors (Lipinski definition) is 3. The van der Waals surface area contributed by atoms with Crippen LogP contribution in [0.2, 0.25) is 0 Å². The average molecular weight is 794 g/mol. The van der Waals surface area contributed by atoms with Crippen LogP contribution in [0.5, 0.6) is 17.4 Å². The fourth-order valence-corrected chi connectivity index (χ4v) is 9.19. The number of cyclic esters (lactones) is 1. The van der Waals surface area contributed by atoms with Crippen molar-refractivity contribution in [3.05, 3.63) is 42.0 Å². The number of carbonyl (C=O) groups is 4. The molecule has 2 aliphatic carbocycles. The van der Waals surface area contributed by atoms with Crippen LogP contribution in [0.3, 0.4) is 0 Å². The van der Waals surface area contributed by atoms with Crippen molar-refractivity contribution >= 4 is 50.8 Å². The normalized spacial score (nSPS) is 30.1. The zero-order valence-electron chi connectivity index (χ0n) is 32.1. The number of fused-ring (bicyclic) bond motifs is 4. The number of carbonyl (C=O) groups excluding carboxylic acids is 4. The van der Waals surface area contributed by atoms with E-state index in [0.29, 0.717) is 60.9 Å². The van der Waals surface area contributed by atoms with Crippen LogP contribution in [0.15, 0.2) is 36.4 Å². The zero-order valence-corrected chi connectivity index (χ0v) is 32.9. The van der Waals surface area contributed by atoms with Gasteiger partial charge in [-0.05, 0) is 63.4 Å². The lowest BCUT2D eigenvalue weighted by Crippen LogP contribution is -2.58. The van der Waals surface area contributed by atoms with Crippen LogP contribution in [0.25, 0.3) is 17.0 Å². The molecule has 3 fully saturated rings. The lowest BCUT2D eigenvalue weighted by molar-refractivity contribution is -0.141. The fourth-order valence-electron chi connectivity index (χ4n) is 7.83. The molecule has 2 aromatic rings. The molecule has 1 aromatic heterocycles. The Morgan fingerprint density at radius 3 is 2.61 bits per heavy atom. The van der Waals surface area contributed by atoms with Crippen LogP contribution in [0.4, 0.5) is 4.79 Å². The van der Waals surface area contributed by atoms with Crippen LogP contribution < -0.4 is 29.6 Å². The molecule has 4 heterocycles. The van der Waals surface area contributed by atoms with Gasteiger partial charge in [0.2, 0.25) is 27.7 Å². The summed E-state index contributed by atoms with van der Waals surface area (Å²) in [5, 5.41) is 5.71. The first kappa shape index (κ1) is 39.4. The minimum atomic E-state index is -3.90. The fraction of sp³-hybridized carbons (Fsp3) is 0.575. The van der Waals surface area contributed by atoms with E-state index in [1.54, 1.807) is 19.2 Å². The minimum Gasteiger partial charge on any atom is -0.496 e. The van der Waals surface area contributed by atoms with E-state index < -0.39 is 68.7 Å². The summed E-state index contributed by atoms with van der Waals surface area (Å²) in [5.74, 6) is -1.00. The molecule has 1 aromatic carbocycles. The molecule has 7 rings (SSSR count). The van der Waals surface area contributed by atoms with Crippen molar-refractivity contribution in [2.45, 2.75) is 107 Å². The number of nitrogens with one attached hydrogen (secondary N) is 3. The highest BCUT2D eigenvalue weighted by Crippen LogP contribution is 2.46. The highest BCUT2D eigenvalue weighted by atomic mass is 32.2. The quantitative estimate of drug-likeness (QED) is 0.369. The van der Waals surface area contributed by atoms with Crippen LogP contribution in [0.1, 0.15) is 83.1 Å². The molecular weight excluding hydrogens is 743 g/mol. The second kappa shape index (κ2) is 16.3. The Morgan fingerprint density at radius 2 is 1.84 bits per heavy atom. The highest BCUT2D eigenvalue weighted by Gasteiger charge is 2.62. The van der Waals surface area contributed by atoms with Gasteiger partial charge in [-0.15, -0.1) is 0 Å². The molecule has 3 aliphatic heterocycles. The van der Waals surface area contributed by atoms with E-state index in [0.717, 1.165) is 24.8 Å². The van der Waals surface area contributed by atoms with Gasteiger partial charge in [0.15, 0.2) is 0 Å². The highest BCUT2D eigenvalue weighted by molar-refractivity contribution is 7.91. The number of alkyl carbamates (subject to hydrolysis) is 1. The van der Waals surface area contributed by atoms with E-state index in [9.17, 15) is 27.6 Å². The third kappa shape index (κ3) is 8.59. The van der Waals surface area contributed by atoms with Crippen LogP contribution in [0, 0.1) is 11.8 Å². The molecule has 5 aliphatic rings. The maximum absolute atomic E-state index is 14.6. The summed E-state index contributed by atoms with van der Waals surface area (Å²) >= 11 is 0. The van der Waals surface area contributed by atoms with Gasteiger partial charge < -0.3 is 34.5 Å². The first-order chi connectivity index (χ1) is 26.9. The largest absolute Gasteiger partial charge is 0.496 e. The standard InChI is InChI=1S/C40H51N5O10S/c1-24-11-9-10-12-25-17-29-31(19-33(25)52-2)41-35(53-3)20-34(29)55-27-18-32-36(46)43-40(38(48)44-56(50,51)28-15-16-28)21-26(40)13-7-5-4-6-8-14-30(37(47)45(32)22-27)42-39(49)54-23-24/h7,10,12-13,17,19-20,24,26-28,30,32H,4-6,8-9,11,14-16,18,21-23H2,1-3H3,(H,42,49)(H,43,46)(H,44,48)/b12-10+,13-7-/t24-,26+,27-,30+,32+,40-/m1/s1. The molecule has 302 valence electrons. The van der Waals surface area contributed by atoms with Crippen molar-refractivity contribution in [1.29, 1.82) is 0 Å². The molecule has 6 atom stereocenters. The van der Waals surface area contributed by atoms with Gasteiger partial charge in [-0.2, -0.15) is 0 Å². The molecular formula is C40H51N5O10S. The van der Waals surface area contributed by atoms with Gasteiger partial charge in [0.1, 0.15) is 35.2 Å². The topological polar surface area (TPSA) is 192 Å². The summed E-state index contributed by atoms with van der Waals surface area (Å²) in [7, 11) is -0.824. The predicted molar refractivity (Wildman–Crippen MR) is 206 cm³/mol. The SMILES string of the molecule is COc1cc2c3cc(c(OC)cc3n1)/C=C/CC[C@@H](C)COC(=O)N[C@H]1CCCCC/C=C\[C@H]3C[C@@]3(C(=O)NS(=O)(=O)C3CC3)NC(=O)[C@@H]3C[C@H](CN3C1=O)O2. The summed E-state index contributed by atoms with van der Waals surface area (Å²) in [6.45, 7) is 2.11. The molecule has 56 heavy (non-hydrogen) atoms. The lowest BCUT2D eigenvalue weighted by Gasteiger charge is -2.29. The van der Waals surface area contributed by atoms with Gasteiger partial charge in [0.05, 0.1) is 38.1 Å². The third-order valence-corrected chi connectivity index (χ3v) is 13.2. The second-order valence-corrected chi connectivity index (χ2v) is 17.6. The Hall–Kier alpha value is -4.86. The van der Waals surface area contributed by atoms with E-state index in [4.69, 9.17) is 18.9 Å². The van der Waals surface area contributed by atoms with Gasteiger partial charge in [-0.3, -0.25) is 19.1 Å². The van der Waals surface area contributed by atoms with Crippen molar-refractivity contribution in [2.75, 3.05) is 27.4 Å². The Balaban J connectivity index is 1.26. The molecule has 0 radical (unpaired) electrons. The Kier molecular flexibility index (Phi) is 11.5. The molecule has 3 N–H and O–H groups in total. The summed E-state index contributed by atoms with van der Waals surface area (Å²) in [6, 6.07) is 3.26. The third-order valence-electron chi connectivity index (χ3n) is 11.4. The number of aromatic nitrogens is 1. The molecule has 0 spiro atoms. The Morgan fingerprint density at radius 1 is 1.02 bits per heavy atom. The number of methoxy groups -OCH3 is 2. The maximum atomic E-state index is 14.6. The van der Waals surface area contributed by atoms with Gasteiger partial charge >= 0.3 is 6.09 Å². The van der Waals surface area contributed by atoms with Crippen molar-refractivity contribution in [3.8, 4) is 17.4 Å². The van der Waals surface area contributed by atoms with Crippen LogP contribution >= 0.6 is 0 Å². The minimum absolute atomic E-state index is 0.0190. The number of amides is 4. The zero-order chi connectivity index (χ0) is 39.6. The molecule has 1 saturated heterocycles. The smallest absolute Gasteiger partial charge is 0.407 e. The van der Waals surface area contributed by atoms with Crippen molar-refractivity contribution < 1.29 is 46.5 Å². The first-order valence-electron chi connectivity index (χ1n) is 19.6. The van der Waals surface area contributed by atoms with E-state index in [-0.39, 0.29) is 37.8 Å². The number of pyridine rings is 1. The number of allylic oxidation sites excluding steroid dienone is 2. The molecule has 5 bridgehead atoms. The van der Waals surface area contributed by atoms with E-state index in [1.807, 2.05) is 37.3 Å². The van der Waals surface area contributed by atoms with Gasteiger partial charge in [0, 0.05) is 35.4 Å². The summed E-state index contributed by atoms with van der Waals surface area (Å²) in [5.41, 5.74) is -0.171. The van der Waals surface area contributed by atoms with Gasteiger partial charge in [0.25, 0.3) is 5.91 Å². The molecule has 2 saturated carbocycles. The van der Waals surface area contributed by atoms with Crippen LogP contribution in [-0.4, -0.2) is 98.5 Å². The monoisotopic (exact) mass is 793 g/mol. The van der Waals surface area contributed by atoms with E-state index in [1.165, 1.54) is 12.0 Å². The van der Waals surface area contributed by atoms with Crippen molar-refractivity contribution in [1.82, 2.24) is 25.2 Å². The summed E-state index contributed by atoms with van der Waals surface area (Å²) in [4.78, 5) is 62.1. The first-order valence-corrected chi connectivity index (χ1v) is 21.1. The number of benzene rings is 1. The lowest BCUT2D eigenvalue weighted by atomic mass is 10.0. The summed E-state index contributed by atoms with van der Waals surface area (Å²) in [6.07, 6.45) is 12.2. The van der Waals surface area contributed by atoms with Gasteiger partial charge in [-0.25, -0.2) is 18.2 Å². The van der Waals surface area contributed by atoms with E-state index in [2.05, 4.69) is 20.3 Å². The Bertz CT molecular complexity index is 2030. The number of hydrogen-bond acceptors (Lipinski definition) is 11. The second-order valence-electron chi connectivity index (χ2n) is 15.6. The predicted octanol–water partition coefficient (Wildman–Crippen LogP) is 4.14. The van der Waals surface area contributed by atoms with Crippen molar-refractivity contribution in [2.24, 2.45) is 11.8 Å². The molecule has 4 amide bonds. The van der Waals surface area contributed by atoms with E-state index >= 15 is 0 Å². The maximum Gasteiger partial charge on any atom is 0.407 e. The molecule has 0 unspecified atom stereocenters. The number of rotatable bonds is 5. The van der Waals surface area contributed by atoms with Crippen molar-refractivity contribution in [3.63, 3.8) is 0 Å². The number of nitrogens with zero attached hydrogens (tertiary/aromatic N) is 2. The molecule has 16 heteroatoms. The Labute approximate surface area is 327 Å².